The molecular formula is C14H18N4O. The van der Waals surface area contributed by atoms with Gasteiger partial charge in [-0.3, -0.25) is 0 Å². The van der Waals surface area contributed by atoms with Gasteiger partial charge in [0, 0.05) is 23.0 Å². The zero-order chi connectivity index (χ0) is 13.7. The first kappa shape index (κ1) is 13.3. The highest BCUT2D eigenvalue weighted by Crippen LogP contribution is 2.22. The molecule has 0 saturated heterocycles. The Morgan fingerprint density at radius 3 is 2.58 bits per heavy atom. The molecule has 19 heavy (non-hydrogen) atoms. The van der Waals surface area contributed by atoms with E-state index in [0.717, 1.165) is 34.9 Å². The van der Waals surface area contributed by atoms with Crippen molar-refractivity contribution in [2.75, 3.05) is 11.9 Å². The number of unbranched alkanes of at least 4 members (excludes halogenated alkanes) is 1. The maximum absolute atomic E-state index is 11.7. The van der Waals surface area contributed by atoms with E-state index in [1.54, 1.807) is 12.4 Å². The quantitative estimate of drug-likeness (QED) is 0.829. The van der Waals surface area contributed by atoms with E-state index in [4.69, 9.17) is 0 Å². The van der Waals surface area contributed by atoms with E-state index in [2.05, 4.69) is 27.8 Å². The second-order valence-electron chi connectivity index (χ2n) is 4.52. The third-order valence-electron chi connectivity index (χ3n) is 2.95. The SMILES string of the molecule is CCCCNC(=O)Nc1cc2cnncc2cc1C. The van der Waals surface area contributed by atoms with Gasteiger partial charge in [0.2, 0.25) is 0 Å². The molecule has 5 heteroatoms. The van der Waals surface area contributed by atoms with Crippen molar-refractivity contribution in [3.05, 3.63) is 30.1 Å². The molecule has 2 aromatic rings. The predicted molar refractivity (Wildman–Crippen MR) is 76.2 cm³/mol. The molecule has 5 nitrogen and oxygen atoms in total. The lowest BCUT2D eigenvalue weighted by Crippen LogP contribution is -2.29. The van der Waals surface area contributed by atoms with Crippen molar-refractivity contribution in [2.45, 2.75) is 26.7 Å². The first-order valence-electron chi connectivity index (χ1n) is 6.46. The van der Waals surface area contributed by atoms with E-state index in [1.165, 1.54) is 0 Å². The zero-order valence-electron chi connectivity index (χ0n) is 11.2. The third kappa shape index (κ3) is 3.40. The maximum Gasteiger partial charge on any atom is 0.319 e. The first-order valence-corrected chi connectivity index (χ1v) is 6.46. The Labute approximate surface area is 112 Å². The van der Waals surface area contributed by atoms with Crippen molar-refractivity contribution < 1.29 is 4.79 Å². The van der Waals surface area contributed by atoms with Gasteiger partial charge in [-0.1, -0.05) is 13.3 Å². The maximum atomic E-state index is 11.7. The minimum Gasteiger partial charge on any atom is -0.338 e. The van der Waals surface area contributed by atoms with E-state index >= 15 is 0 Å². The summed E-state index contributed by atoms with van der Waals surface area (Å²) in [5.74, 6) is 0. The zero-order valence-corrected chi connectivity index (χ0v) is 11.2. The Bertz CT molecular complexity index is 583. The molecule has 2 amide bonds. The van der Waals surface area contributed by atoms with E-state index in [0.29, 0.717) is 6.54 Å². The molecule has 0 spiro atoms. The molecule has 0 aliphatic heterocycles. The Hall–Kier alpha value is -2.17. The average molecular weight is 258 g/mol. The second kappa shape index (κ2) is 6.13. The smallest absolute Gasteiger partial charge is 0.319 e. The van der Waals surface area contributed by atoms with E-state index in [9.17, 15) is 4.79 Å². The van der Waals surface area contributed by atoms with Crippen LogP contribution >= 0.6 is 0 Å². The Morgan fingerprint density at radius 2 is 1.89 bits per heavy atom. The standard InChI is InChI=1S/C14H18N4O/c1-3-4-5-15-14(19)18-13-7-12-9-17-16-8-11(12)6-10(13)2/h6-9H,3-5H2,1-2H3,(H2,15,18,19). The van der Waals surface area contributed by atoms with Crippen LogP contribution in [0.5, 0.6) is 0 Å². The summed E-state index contributed by atoms with van der Waals surface area (Å²) in [7, 11) is 0. The highest BCUT2D eigenvalue weighted by atomic mass is 16.2. The van der Waals surface area contributed by atoms with Gasteiger partial charge in [0.1, 0.15) is 0 Å². The summed E-state index contributed by atoms with van der Waals surface area (Å²) in [5.41, 5.74) is 1.81. The molecule has 1 aromatic heterocycles. The monoisotopic (exact) mass is 258 g/mol. The summed E-state index contributed by atoms with van der Waals surface area (Å²) in [4.78, 5) is 11.7. The summed E-state index contributed by atoms with van der Waals surface area (Å²) in [6, 6.07) is 3.74. The molecule has 0 atom stereocenters. The van der Waals surface area contributed by atoms with Crippen molar-refractivity contribution in [3.63, 3.8) is 0 Å². The second-order valence-corrected chi connectivity index (χ2v) is 4.52. The number of carbonyl (C=O) groups excluding carboxylic acids is 1. The fourth-order valence-corrected chi connectivity index (χ4v) is 1.84. The van der Waals surface area contributed by atoms with E-state index in [1.807, 2.05) is 19.1 Å². The lowest BCUT2D eigenvalue weighted by Gasteiger charge is -2.10. The molecule has 0 unspecified atom stereocenters. The number of rotatable bonds is 4. The molecule has 0 bridgehead atoms. The number of hydrogen-bond acceptors (Lipinski definition) is 3. The van der Waals surface area contributed by atoms with Crippen LogP contribution in [0.15, 0.2) is 24.5 Å². The fourth-order valence-electron chi connectivity index (χ4n) is 1.84. The topological polar surface area (TPSA) is 66.9 Å². The lowest BCUT2D eigenvalue weighted by molar-refractivity contribution is 0.252. The number of amides is 2. The highest BCUT2D eigenvalue weighted by Gasteiger charge is 2.05. The highest BCUT2D eigenvalue weighted by molar-refractivity contribution is 5.94. The fraction of sp³-hybridized carbons (Fsp3) is 0.357. The Morgan fingerprint density at radius 1 is 1.21 bits per heavy atom. The third-order valence-corrected chi connectivity index (χ3v) is 2.95. The molecule has 1 heterocycles. The van der Waals surface area contributed by atoms with Crippen molar-refractivity contribution in [1.29, 1.82) is 0 Å². The van der Waals surface area contributed by atoms with E-state index < -0.39 is 0 Å². The van der Waals surface area contributed by atoms with Crippen LogP contribution in [0.4, 0.5) is 10.5 Å². The number of hydrogen-bond donors (Lipinski definition) is 2. The van der Waals surface area contributed by atoms with Gasteiger partial charge in [-0.15, -0.1) is 0 Å². The summed E-state index contributed by atoms with van der Waals surface area (Å²) in [6.07, 6.45) is 5.45. The van der Waals surface area contributed by atoms with Gasteiger partial charge >= 0.3 is 6.03 Å². The Balaban J connectivity index is 2.11. The van der Waals surface area contributed by atoms with Crippen LogP contribution in [0, 0.1) is 6.92 Å². The summed E-state index contributed by atoms with van der Waals surface area (Å²) < 4.78 is 0. The number of aryl methyl sites for hydroxylation is 1. The number of urea groups is 1. The van der Waals surface area contributed by atoms with Gasteiger partial charge in [-0.25, -0.2) is 4.79 Å². The van der Waals surface area contributed by atoms with Gasteiger partial charge < -0.3 is 10.6 Å². The minimum absolute atomic E-state index is 0.169. The van der Waals surface area contributed by atoms with Crippen LogP contribution in [0.25, 0.3) is 10.8 Å². The van der Waals surface area contributed by atoms with Gasteiger partial charge in [-0.05, 0) is 31.0 Å². The first-order chi connectivity index (χ1) is 9.20. The van der Waals surface area contributed by atoms with Crippen molar-refractivity contribution in [2.24, 2.45) is 0 Å². The molecule has 2 N–H and O–H groups in total. The van der Waals surface area contributed by atoms with Crippen molar-refractivity contribution >= 4 is 22.5 Å². The molecule has 2 rings (SSSR count). The lowest BCUT2D eigenvalue weighted by atomic mass is 10.1. The summed E-state index contributed by atoms with van der Waals surface area (Å²) >= 11 is 0. The number of anilines is 1. The number of fused-ring (bicyclic) bond motifs is 1. The summed E-state index contributed by atoms with van der Waals surface area (Å²) in [5, 5.41) is 15.4. The molecule has 0 aliphatic rings. The number of nitrogens with one attached hydrogen (secondary N) is 2. The van der Waals surface area contributed by atoms with Crippen LogP contribution < -0.4 is 10.6 Å². The minimum atomic E-state index is -0.169. The van der Waals surface area contributed by atoms with Gasteiger partial charge in [0.15, 0.2) is 0 Å². The number of nitrogens with zero attached hydrogens (tertiary/aromatic N) is 2. The van der Waals surface area contributed by atoms with Gasteiger partial charge in [-0.2, -0.15) is 10.2 Å². The van der Waals surface area contributed by atoms with Gasteiger partial charge in [0.25, 0.3) is 0 Å². The average Bonchev–Trinajstić information content (AvgIpc) is 2.40. The number of benzene rings is 1. The predicted octanol–water partition coefficient (Wildman–Crippen LogP) is 2.86. The normalized spacial score (nSPS) is 10.4. The van der Waals surface area contributed by atoms with Crippen LogP contribution in [-0.2, 0) is 0 Å². The van der Waals surface area contributed by atoms with Crippen molar-refractivity contribution in [1.82, 2.24) is 15.5 Å². The molecular weight excluding hydrogens is 240 g/mol. The number of aromatic nitrogens is 2. The molecule has 0 radical (unpaired) electrons. The van der Waals surface area contributed by atoms with Crippen molar-refractivity contribution in [3.8, 4) is 0 Å². The molecule has 0 fully saturated rings. The van der Waals surface area contributed by atoms with Crippen LogP contribution in [0.3, 0.4) is 0 Å². The molecule has 0 aliphatic carbocycles. The van der Waals surface area contributed by atoms with Gasteiger partial charge in [0.05, 0.1) is 12.4 Å². The van der Waals surface area contributed by atoms with E-state index in [-0.39, 0.29) is 6.03 Å². The van der Waals surface area contributed by atoms with Crippen LogP contribution in [0.1, 0.15) is 25.3 Å². The number of carbonyl (C=O) groups is 1. The molecule has 100 valence electrons. The largest absolute Gasteiger partial charge is 0.338 e. The van der Waals surface area contributed by atoms with Crippen LogP contribution in [-0.4, -0.2) is 22.8 Å². The summed E-state index contributed by atoms with van der Waals surface area (Å²) in [6.45, 7) is 4.75. The van der Waals surface area contributed by atoms with Crippen LogP contribution in [0.2, 0.25) is 0 Å². The molecule has 0 saturated carbocycles. The Kier molecular flexibility index (Phi) is 4.28. The molecule has 1 aromatic carbocycles.